The van der Waals surface area contributed by atoms with Crippen LogP contribution in [0.25, 0.3) is 16.9 Å². The summed E-state index contributed by atoms with van der Waals surface area (Å²) in [4.78, 5) is 27.7. The van der Waals surface area contributed by atoms with E-state index in [0.717, 1.165) is 41.2 Å². The predicted octanol–water partition coefficient (Wildman–Crippen LogP) is 5.53. The van der Waals surface area contributed by atoms with Crippen LogP contribution in [0.4, 0.5) is 0 Å². The number of aromatic nitrogens is 1. The molecule has 0 radical (unpaired) electrons. The summed E-state index contributed by atoms with van der Waals surface area (Å²) >= 11 is 6.57. The Morgan fingerprint density at radius 2 is 1.85 bits per heavy atom. The molecule has 34 heavy (non-hydrogen) atoms. The van der Waals surface area contributed by atoms with Gasteiger partial charge in [0, 0.05) is 18.8 Å². The summed E-state index contributed by atoms with van der Waals surface area (Å²) in [5.74, 6) is 0.145. The first-order valence-electron chi connectivity index (χ1n) is 11.5. The van der Waals surface area contributed by atoms with Crippen LogP contribution < -0.4 is 4.74 Å². The third-order valence-electron chi connectivity index (χ3n) is 6.29. The standard InChI is InChI=1S/C27H29ClN2O4/c1-4-34-27(32)20-8-7-15-29(17-20)26(31)22-16-25(19-11-13-21(33-3)14-12-19)30(18(22)2)24-10-6-5-9-23(24)28/h5-6,9-14,16,20H,4,7-8,15,17H2,1-3H3. The van der Waals surface area contributed by atoms with E-state index in [1.54, 1.807) is 18.9 Å². The number of amides is 1. The van der Waals surface area contributed by atoms with Gasteiger partial charge in [0.15, 0.2) is 0 Å². The number of halogens is 1. The molecule has 1 amide bonds. The first-order valence-corrected chi connectivity index (χ1v) is 11.9. The SMILES string of the molecule is CCOC(=O)C1CCCN(C(=O)c2cc(-c3ccc(OC)cc3)n(-c3ccccc3Cl)c2C)C1. The summed E-state index contributed by atoms with van der Waals surface area (Å²) in [6.07, 6.45) is 1.50. The highest BCUT2D eigenvalue weighted by atomic mass is 35.5. The molecule has 7 heteroatoms. The largest absolute Gasteiger partial charge is 0.497 e. The summed E-state index contributed by atoms with van der Waals surface area (Å²) in [5, 5.41) is 0.593. The molecule has 1 aromatic heterocycles. The molecule has 6 nitrogen and oxygen atoms in total. The number of likely N-dealkylation sites (tertiary alicyclic amines) is 1. The molecule has 0 aliphatic carbocycles. The van der Waals surface area contributed by atoms with E-state index in [-0.39, 0.29) is 17.8 Å². The number of piperidine rings is 1. The topological polar surface area (TPSA) is 60.8 Å². The van der Waals surface area contributed by atoms with Crippen molar-refractivity contribution in [2.45, 2.75) is 26.7 Å². The molecule has 1 aliphatic rings. The zero-order valence-corrected chi connectivity index (χ0v) is 20.5. The quantitative estimate of drug-likeness (QED) is 0.435. The zero-order chi connectivity index (χ0) is 24.2. The maximum absolute atomic E-state index is 13.7. The molecule has 0 spiro atoms. The van der Waals surface area contributed by atoms with Gasteiger partial charge < -0.3 is 18.9 Å². The Hall–Kier alpha value is -3.25. The third kappa shape index (κ3) is 4.68. The zero-order valence-electron chi connectivity index (χ0n) is 19.7. The van der Waals surface area contributed by atoms with Crippen molar-refractivity contribution in [2.24, 2.45) is 5.92 Å². The van der Waals surface area contributed by atoms with Gasteiger partial charge in [0.1, 0.15) is 5.75 Å². The highest BCUT2D eigenvalue weighted by molar-refractivity contribution is 6.32. The third-order valence-corrected chi connectivity index (χ3v) is 6.60. The summed E-state index contributed by atoms with van der Waals surface area (Å²) in [5.41, 5.74) is 3.98. The number of hydrogen-bond acceptors (Lipinski definition) is 4. The average molecular weight is 481 g/mol. The highest BCUT2D eigenvalue weighted by Crippen LogP contribution is 2.34. The van der Waals surface area contributed by atoms with Crippen LogP contribution in [0.2, 0.25) is 5.02 Å². The molecule has 0 saturated carbocycles. The Bertz CT molecular complexity index is 1190. The molecular formula is C27H29ClN2O4. The van der Waals surface area contributed by atoms with Crippen molar-refractivity contribution >= 4 is 23.5 Å². The second kappa shape index (κ2) is 10.3. The lowest BCUT2D eigenvalue weighted by atomic mass is 9.97. The van der Waals surface area contributed by atoms with Crippen LogP contribution in [0.1, 0.15) is 35.8 Å². The van der Waals surface area contributed by atoms with Crippen LogP contribution in [-0.4, -0.2) is 48.1 Å². The van der Waals surface area contributed by atoms with Crippen molar-refractivity contribution in [3.05, 3.63) is 70.9 Å². The Labute approximate surface area is 205 Å². The van der Waals surface area contributed by atoms with Crippen LogP contribution in [0, 0.1) is 12.8 Å². The number of benzene rings is 2. The van der Waals surface area contributed by atoms with E-state index in [1.807, 2.05) is 66.1 Å². The van der Waals surface area contributed by atoms with Gasteiger partial charge in [0.2, 0.25) is 0 Å². The second-order valence-electron chi connectivity index (χ2n) is 8.39. The molecule has 2 heterocycles. The number of nitrogens with zero attached hydrogens (tertiary/aromatic N) is 2. The van der Waals surface area contributed by atoms with Crippen molar-refractivity contribution in [2.75, 3.05) is 26.8 Å². The van der Waals surface area contributed by atoms with E-state index in [2.05, 4.69) is 0 Å². The van der Waals surface area contributed by atoms with E-state index in [0.29, 0.717) is 30.3 Å². The number of methoxy groups -OCH3 is 1. The normalized spacial score (nSPS) is 15.8. The maximum Gasteiger partial charge on any atom is 0.310 e. The molecular weight excluding hydrogens is 452 g/mol. The Morgan fingerprint density at radius 3 is 2.53 bits per heavy atom. The van der Waals surface area contributed by atoms with E-state index >= 15 is 0 Å². The fourth-order valence-corrected chi connectivity index (χ4v) is 4.75. The molecule has 3 aromatic rings. The summed E-state index contributed by atoms with van der Waals surface area (Å²) in [6.45, 7) is 5.05. The Morgan fingerprint density at radius 1 is 1.12 bits per heavy atom. The molecule has 1 aliphatic heterocycles. The number of carbonyl (C=O) groups excluding carboxylic acids is 2. The van der Waals surface area contributed by atoms with Crippen molar-refractivity contribution < 1.29 is 19.1 Å². The lowest BCUT2D eigenvalue weighted by Gasteiger charge is -2.31. The summed E-state index contributed by atoms with van der Waals surface area (Å²) in [6, 6.07) is 17.2. The van der Waals surface area contributed by atoms with E-state index < -0.39 is 0 Å². The molecule has 0 N–H and O–H groups in total. The maximum atomic E-state index is 13.7. The van der Waals surface area contributed by atoms with Gasteiger partial charge in [-0.2, -0.15) is 0 Å². The second-order valence-corrected chi connectivity index (χ2v) is 8.79. The number of hydrogen-bond donors (Lipinski definition) is 0. The minimum atomic E-state index is -0.287. The number of esters is 1. The van der Waals surface area contributed by atoms with Crippen LogP contribution in [0.15, 0.2) is 54.6 Å². The Balaban J connectivity index is 1.75. The van der Waals surface area contributed by atoms with E-state index in [4.69, 9.17) is 21.1 Å². The van der Waals surface area contributed by atoms with Gasteiger partial charge in [-0.05, 0) is 74.7 Å². The summed E-state index contributed by atoms with van der Waals surface area (Å²) < 4.78 is 12.5. The molecule has 1 atom stereocenters. The lowest BCUT2D eigenvalue weighted by Crippen LogP contribution is -2.43. The van der Waals surface area contributed by atoms with Crippen molar-refractivity contribution in [1.82, 2.24) is 9.47 Å². The molecule has 1 fully saturated rings. The van der Waals surface area contributed by atoms with Crippen LogP contribution in [0.3, 0.4) is 0 Å². The fourth-order valence-electron chi connectivity index (χ4n) is 4.53. The number of rotatable bonds is 6. The van der Waals surface area contributed by atoms with Gasteiger partial charge in [-0.25, -0.2) is 0 Å². The highest BCUT2D eigenvalue weighted by Gasteiger charge is 2.31. The van der Waals surface area contributed by atoms with Gasteiger partial charge in [0.25, 0.3) is 5.91 Å². The first-order chi connectivity index (χ1) is 16.4. The summed E-state index contributed by atoms with van der Waals surface area (Å²) in [7, 11) is 1.63. The van der Waals surface area contributed by atoms with Crippen LogP contribution in [-0.2, 0) is 9.53 Å². The minimum Gasteiger partial charge on any atom is -0.497 e. The van der Waals surface area contributed by atoms with Gasteiger partial charge in [-0.3, -0.25) is 9.59 Å². The van der Waals surface area contributed by atoms with Crippen molar-refractivity contribution in [3.8, 4) is 22.7 Å². The lowest BCUT2D eigenvalue weighted by molar-refractivity contribution is -0.149. The number of para-hydroxylation sites is 1. The van der Waals surface area contributed by atoms with Crippen molar-refractivity contribution in [1.29, 1.82) is 0 Å². The molecule has 0 bridgehead atoms. The fraction of sp³-hybridized carbons (Fsp3) is 0.333. The van der Waals surface area contributed by atoms with Gasteiger partial charge in [-0.15, -0.1) is 0 Å². The average Bonchev–Trinajstić information content (AvgIpc) is 3.21. The molecule has 178 valence electrons. The van der Waals surface area contributed by atoms with Crippen molar-refractivity contribution in [3.63, 3.8) is 0 Å². The van der Waals surface area contributed by atoms with Gasteiger partial charge in [-0.1, -0.05) is 23.7 Å². The minimum absolute atomic E-state index is 0.0907. The van der Waals surface area contributed by atoms with Gasteiger partial charge >= 0.3 is 5.97 Å². The number of ether oxygens (including phenoxy) is 2. The Kier molecular flexibility index (Phi) is 7.27. The first kappa shape index (κ1) is 23.9. The van der Waals surface area contributed by atoms with E-state index in [1.165, 1.54) is 0 Å². The van der Waals surface area contributed by atoms with Crippen LogP contribution >= 0.6 is 11.6 Å². The van der Waals surface area contributed by atoms with Gasteiger partial charge in [0.05, 0.1) is 41.6 Å². The molecule has 1 unspecified atom stereocenters. The molecule has 1 saturated heterocycles. The van der Waals surface area contributed by atoms with Crippen LogP contribution in [0.5, 0.6) is 5.75 Å². The monoisotopic (exact) mass is 480 g/mol. The smallest absolute Gasteiger partial charge is 0.310 e. The molecule has 2 aromatic carbocycles. The van der Waals surface area contributed by atoms with E-state index in [9.17, 15) is 9.59 Å². The molecule has 4 rings (SSSR count). The predicted molar refractivity (Wildman–Crippen MR) is 133 cm³/mol. The number of carbonyl (C=O) groups is 2.